The van der Waals surface area contributed by atoms with Gasteiger partial charge < -0.3 is 9.47 Å². The lowest BCUT2D eigenvalue weighted by Gasteiger charge is -2.07. The molecule has 4 nitrogen and oxygen atoms in total. The SMILES string of the molecule is COC(=O)c1ccc(C)c(COC(C)=O)c1. The van der Waals surface area contributed by atoms with E-state index in [2.05, 4.69) is 4.74 Å². The number of hydrogen-bond acceptors (Lipinski definition) is 4. The van der Waals surface area contributed by atoms with E-state index in [1.165, 1.54) is 14.0 Å². The standard InChI is InChI=1S/C12H14O4/c1-8-4-5-10(12(14)15-3)6-11(8)7-16-9(2)13/h4-6H,7H2,1-3H3. The molecule has 0 saturated heterocycles. The highest BCUT2D eigenvalue weighted by molar-refractivity contribution is 5.89. The molecule has 0 heterocycles. The molecular weight excluding hydrogens is 208 g/mol. The van der Waals surface area contributed by atoms with E-state index in [1.807, 2.05) is 6.92 Å². The van der Waals surface area contributed by atoms with Crippen molar-refractivity contribution in [2.24, 2.45) is 0 Å². The van der Waals surface area contributed by atoms with Crippen LogP contribution in [0.2, 0.25) is 0 Å². The summed E-state index contributed by atoms with van der Waals surface area (Å²) in [4.78, 5) is 22.0. The van der Waals surface area contributed by atoms with Crippen molar-refractivity contribution in [1.82, 2.24) is 0 Å². The van der Waals surface area contributed by atoms with Crippen molar-refractivity contribution in [3.05, 3.63) is 34.9 Å². The Balaban J connectivity index is 2.90. The van der Waals surface area contributed by atoms with Crippen LogP contribution in [0.3, 0.4) is 0 Å². The lowest BCUT2D eigenvalue weighted by Crippen LogP contribution is -2.05. The Bertz CT molecular complexity index is 409. The first kappa shape index (κ1) is 12.2. The first-order valence-corrected chi connectivity index (χ1v) is 4.86. The van der Waals surface area contributed by atoms with Gasteiger partial charge >= 0.3 is 11.9 Å². The molecule has 0 aliphatic heterocycles. The first-order chi connectivity index (χ1) is 7.54. The largest absolute Gasteiger partial charge is 0.465 e. The summed E-state index contributed by atoms with van der Waals surface area (Å²) in [6.45, 7) is 3.41. The van der Waals surface area contributed by atoms with Crippen LogP contribution in [-0.4, -0.2) is 19.0 Å². The van der Waals surface area contributed by atoms with Crippen LogP contribution in [0.1, 0.15) is 28.4 Å². The average molecular weight is 222 g/mol. The van der Waals surface area contributed by atoms with Crippen molar-refractivity contribution >= 4 is 11.9 Å². The van der Waals surface area contributed by atoms with Crippen LogP contribution in [0, 0.1) is 6.92 Å². The van der Waals surface area contributed by atoms with Crippen LogP contribution in [-0.2, 0) is 20.9 Å². The summed E-state index contributed by atoms with van der Waals surface area (Å²) in [5.41, 5.74) is 2.22. The summed E-state index contributed by atoms with van der Waals surface area (Å²) in [5, 5.41) is 0. The normalized spacial score (nSPS) is 9.69. The highest BCUT2D eigenvalue weighted by Crippen LogP contribution is 2.13. The van der Waals surface area contributed by atoms with E-state index in [4.69, 9.17) is 4.74 Å². The molecule has 0 unspecified atom stereocenters. The maximum absolute atomic E-state index is 11.3. The fraction of sp³-hybridized carbons (Fsp3) is 0.333. The number of carbonyl (C=O) groups is 2. The van der Waals surface area contributed by atoms with Gasteiger partial charge in [-0.25, -0.2) is 4.79 Å². The van der Waals surface area contributed by atoms with Crippen LogP contribution >= 0.6 is 0 Å². The summed E-state index contributed by atoms with van der Waals surface area (Å²) in [5.74, 6) is -0.744. The van der Waals surface area contributed by atoms with E-state index in [-0.39, 0.29) is 12.6 Å². The minimum absolute atomic E-state index is 0.173. The third-order valence-corrected chi connectivity index (χ3v) is 2.20. The molecule has 0 radical (unpaired) electrons. The molecule has 0 saturated carbocycles. The molecule has 0 aliphatic rings. The number of esters is 2. The van der Waals surface area contributed by atoms with Crippen LogP contribution in [0.5, 0.6) is 0 Å². The number of rotatable bonds is 3. The number of carbonyl (C=O) groups excluding carboxylic acids is 2. The summed E-state index contributed by atoms with van der Waals surface area (Å²) in [6.07, 6.45) is 0. The summed E-state index contributed by atoms with van der Waals surface area (Å²) >= 11 is 0. The van der Waals surface area contributed by atoms with Gasteiger partial charge in [-0.2, -0.15) is 0 Å². The Morgan fingerprint density at radius 2 is 2.00 bits per heavy atom. The smallest absolute Gasteiger partial charge is 0.337 e. The Hall–Kier alpha value is -1.84. The highest BCUT2D eigenvalue weighted by atomic mass is 16.5. The molecule has 0 fully saturated rings. The molecule has 1 aromatic carbocycles. The maximum atomic E-state index is 11.3. The minimum atomic E-state index is -0.399. The zero-order valence-electron chi connectivity index (χ0n) is 9.57. The number of aryl methyl sites for hydroxylation is 1. The van der Waals surface area contributed by atoms with Gasteiger partial charge in [0.25, 0.3) is 0 Å². The third kappa shape index (κ3) is 3.08. The Morgan fingerprint density at radius 1 is 1.31 bits per heavy atom. The first-order valence-electron chi connectivity index (χ1n) is 4.86. The van der Waals surface area contributed by atoms with Gasteiger partial charge in [-0.1, -0.05) is 6.07 Å². The van der Waals surface area contributed by atoms with E-state index in [0.29, 0.717) is 5.56 Å². The minimum Gasteiger partial charge on any atom is -0.465 e. The van der Waals surface area contributed by atoms with Crippen molar-refractivity contribution in [2.75, 3.05) is 7.11 Å². The molecule has 1 aromatic rings. The van der Waals surface area contributed by atoms with E-state index < -0.39 is 5.97 Å². The summed E-state index contributed by atoms with van der Waals surface area (Å²) in [6, 6.07) is 5.15. The fourth-order valence-corrected chi connectivity index (χ4v) is 1.25. The zero-order valence-corrected chi connectivity index (χ0v) is 9.57. The lowest BCUT2D eigenvalue weighted by molar-refractivity contribution is -0.142. The van der Waals surface area contributed by atoms with E-state index in [9.17, 15) is 9.59 Å². The van der Waals surface area contributed by atoms with E-state index in [0.717, 1.165) is 11.1 Å². The van der Waals surface area contributed by atoms with Crippen molar-refractivity contribution in [3.8, 4) is 0 Å². The highest BCUT2D eigenvalue weighted by Gasteiger charge is 2.08. The molecular formula is C12H14O4. The second-order valence-corrected chi connectivity index (χ2v) is 3.41. The lowest BCUT2D eigenvalue weighted by atomic mass is 10.1. The van der Waals surface area contributed by atoms with Crippen molar-refractivity contribution in [3.63, 3.8) is 0 Å². The predicted octanol–water partition coefficient (Wildman–Crippen LogP) is 1.84. The number of hydrogen-bond donors (Lipinski definition) is 0. The molecule has 0 N–H and O–H groups in total. The van der Waals surface area contributed by atoms with Crippen LogP contribution in [0.4, 0.5) is 0 Å². The average Bonchev–Trinajstić information content (AvgIpc) is 2.26. The Kier molecular flexibility index (Phi) is 4.05. The van der Waals surface area contributed by atoms with E-state index in [1.54, 1.807) is 18.2 Å². The van der Waals surface area contributed by atoms with Gasteiger partial charge in [0.2, 0.25) is 0 Å². The zero-order chi connectivity index (χ0) is 12.1. The molecule has 4 heteroatoms. The van der Waals surface area contributed by atoms with Crippen LogP contribution in [0.15, 0.2) is 18.2 Å². The fourth-order valence-electron chi connectivity index (χ4n) is 1.25. The van der Waals surface area contributed by atoms with Gasteiger partial charge in [-0.15, -0.1) is 0 Å². The predicted molar refractivity (Wildman–Crippen MR) is 58.0 cm³/mol. The second kappa shape index (κ2) is 5.30. The van der Waals surface area contributed by atoms with Gasteiger partial charge in [0.05, 0.1) is 12.7 Å². The number of ether oxygens (including phenoxy) is 2. The van der Waals surface area contributed by atoms with Gasteiger partial charge in [-0.3, -0.25) is 4.79 Å². The third-order valence-electron chi connectivity index (χ3n) is 2.20. The van der Waals surface area contributed by atoms with Crippen molar-refractivity contribution in [2.45, 2.75) is 20.5 Å². The molecule has 86 valence electrons. The molecule has 0 spiro atoms. The molecule has 0 amide bonds. The maximum Gasteiger partial charge on any atom is 0.337 e. The molecule has 0 atom stereocenters. The van der Waals surface area contributed by atoms with Gasteiger partial charge in [0, 0.05) is 6.92 Å². The molecule has 0 aliphatic carbocycles. The number of methoxy groups -OCH3 is 1. The van der Waals surface area contributed by atoms with Gasteiger partial charge in [0.1, 0.15) is 6.61 Å². The van der Waals surface area contributed by atoms with E-state index >= 15 is 0 Å². The quantitative estimate of drug-likeness (QED) is 0.732. The summed E-state index contributed by atoms with van der Waals surface area (Å²) < 4.78 is 9.50. The monoisotopic (exact) mass is 222 g/mol. The Labute approximate surface area is 94.2 Å². The van der Waals surface area contributed by atoms with Crippen molar-refractivity contribution in [1.29, 1.82) is 0 Å². The summed E-state index contributed by atoms with van der Waals surface area (Å²) in [7, 11) is 1.33. The van der Waals surface area contributed by atoms with Gasteiger partial charge in [0.15, 0.2) is 0 Å². The molecule has 0 bridgehead atoms. The molecule has 0 aromatic heterocycles. The second-order valence-electron chi connectivity index (χ2n) is 3.41. The van der Waals surface area contributed by atoms with Crippen molar-refractivity contribution < 1.29 is 19.1 Å². The van der Waals surface area contributed by atoms with Crippen LogP contribution in [0.25, 0.3) is 0 Å². The Morgan fingerprint density at radius 3 is 2.56 bits per heavy atom. The molecule has 1 rings (SSSR count). The van der Waals surface area contributed by atoms with Crippen LogP contribution < -0.4 is 0 Å². The topological polar surface area (TPSA) is 52.6 Å². The number of benzene rings is 1. The van der Waals surface area contributed by atoms with Gasteiger partial charge in [-0.05, 0) is 30.2 Å². The molecule has 16 heavy (non-hydrogen) atoms.